The van der Waals surface area contributed by atoms with Gasteiger partial charge < -0.3 is 15.7 Å². The summed E-state index contributed by atoms with van der Waals surface area (Å²) >= 11 is 3.25. The van der Waals surface area contributed by atoms with Crippen LogP contribution in [-0.2, 0) is 4.79 Å². The van der Waals surface area contributed by atoms with Gasteiger partial charge in [0.2, 0.25) is 5.91 Å². The zero-order valence-corrected chi connectivity index (χ0v) is 12.8. The van der Waals surface area contributed by atoms with Gasteiger partial charge >= 0.3 is 0 Å². The van der Waals surface area contributed by atoms with E-state index in [0.29, 0.717) is 34.6 Å². The molecule has 2 heterocycles. The number of rotatable bonds is 3. The zero-order chi connectivity index (χ0) is 14.1. The molecule has 3 rings (SSSR count). The molecule has 1 aromatic carbocycles. The molecule has 2 fully saturated rings. The summed E-state index contributed by atoms with van der Waals surface area (Å²) in [6, 6.07) is 6.46. The number of carbonyl (C=O) groups excluding carboxylic acids is 1. The van der Waals surface area contributed by atoms with E-state index in [1.54, 1.807) is 18.2 Å². The van der Waals surface area contributed by atoms with Gasteiger partial charge in [0, 0.05) is 18.5 Å². The summed E-state index contributed by atoms with van der Waals surface area (Å²) < 4.78 is 0.593. The van der Waals surface area contributed by atoms with Crippen LogP contribution in [0.3, 0.4) is 0 Å². The van der Waals surface area contributed by atoms with Gasteiger partial charge in [-0.15, -0.1) is 0 Å². The van der Waals surface area contributed by atoms with Crippen molar-refractivity contribution in [2.24, 2.45) is 5.92 Å². The Hall–Kier alpha value is -1.07. The first kappa shape index (κ1) is 13.9. The lowest BCUT2D eigenvalue weighted by atomic mass is 9.89. The number of piperidine rings is 1. The summed E-state index contributed by atoms with van der Waals surface area (Å²) in [5.41, 5.74) is 0.473. The number of hydrogen-bond acceptors (Lipinski definition) is 3. The smallest absolute Gasteiger partial charge is 0.224 e. The van der Waals surface area contributed by atoms with Crippen LogP contribution >= 0.6 is 15.9 Å². The Morgan fingerprint density at radius 1 is 1.35 bits per heavy atom. The standard InChI is InChI=1S/C15H19BrN2O2/c16-12-2-1-3-13(15(12)20)18-14(19)8-9-6-10-4-5-11(7-9)17-10/h1-3,9-11,17,20H,4-8H2,(H,18,19). The maximum Gasteiger partial charge on any atom is 0.224 e. The van der Waals surface area contributed by atoms with Crippen LogP contribution in [-0.4, -0.2) is 23.1 Å². The van der Waals surface area contributed by atoms with Crippen LogP contribution in [0.2, 0.25) is 0 Å². The normalized spacial score (nSPS) is 28.4. The second kappa shape index (κ2) is 5.74. The van der Waals surface area contributed by atoms with Gasteiger partial charge in [-0.2, -0.15) is 0 Å². The Morgan fingerprint density at radius 2 is 2.05 bits per heavy atom. The lowest BCUT2D eigenvalue weighted by Gasteiger charge is -2.28. The Kier molecular flexibility index (Phi) is 3.98. The van der Waals surface area contributed by atoms with Gasteiger partial charge in [0.15, 0.2) is 5.75 Å². The van der Waals surface area contributed by atoms with E-state index in [2.05, 4.69) is 26.6 Å². The number of para-hydroxylation sites is 1. The number of nitrogens with one attached hydrogen (secondary N) is 2. The quantitative estimate of drug-likeness (QED) is 0.742. The first-order chi connectivity index (χ1) is 9.61. The number of anilines is 1. The third kappa shape index (κ3) is 2.99. The highest BCUT2D eigenvalue weighted by Crippen LogP contribution is 2.34. The number of fused-ring (bicyclic) bond motifs is 2. The highest BCUT2D eigenvalue weighted by Gasteiger charge is 2.34. The molecule has 20 heavy (non-hydrogen) atoms. The molecule has 0 spiro atoms. The van der Waals surface area contributed by atoms with Crippen molar-refractivity contribution in [2.75, 3.05) is 5.32 Å². The number of aromatic hydroxyl groups is 1. The zero-order valence-electron chi connectivity index (χ0n) is 11.2. The fourth-order valence-corrected chi connectivity index (χ4v) is 3.79. The molecule has 108 valence electrons. The topological polar surface area (TPSA) is 61.4 Å². The first-order valence-corrected chi connectivity index (χ1v) is 7.94. The third-order valence-corrected chi connectivity index (χ3v) is 4.95. The number of hydrogen-bond donors (Lipinski definition) is 3. The van der Waals surface area contributed by atoms with E-state index in [9.17, 15) is 9.90 Å². The molecule has 2 aliphatic rings. The van der Waals surface area contributed by atoms with E-state index in [1.165, 1.54) is 12.8 Å². The summed E-state index contributed by atoms with van der Waals surface area (Å²) in [5.74, 6) is 0.541. The molecule has 2 saturated heterocycles. The van der Waals surface area contributed by atoms with E-state index in [0.717, 1.165) is 12.8 Å². The number of carbonyl (C=O) groups is 1. The van der Waals surface area contributed by atoms with Gasteiger partial charge in [0.1, 0.15) is 0 Å². The van der Waals surface area contributed by atoms with Crippen LogP contribution < -0.4 is 10.6 Å². The predicted octanol–water partition coefficient (Wildman–Crippen LogP) is 3.01. The largest absolute Gasteiger partial charge is 0.505 e. The predicted molar refractivity (Wildman–Crippen MR) is 81.7 cm³/mol. The summed E-state index contributed by atoms with van der Waals surface area (Å²) in [7, 11) is 0. The Bertz CT molecular complexity index is 509. The van der Waals surface area contributed by atoms with E-state index in [4.69, 9.17) is 0 Å². The van der Waals surface area contributed by atoms with Crippen molar-refractivity contribution in [1.29, 1.82) is 0 Å². The molecule has 0 aliphatic carbocycles. The van der Waals surface area contributed by atoms with Crippen molar-refractivity contribution >= 4 is 27.5 Å². The van der Waals surface area contributed by atoms with E-state index in [-0.39, 0.29) is 11.7 Å². The minimum absolute atomic E-state index is 0.00954. The molecule has 1 amide bonds. The molecule has 2 unspecified atom stereocenters. The van der Waals surface area contributed by atoms with Crippen molar-refractivity contribution in [3.8, 4) is 5.75 Å². The number of phenols is 1. The van der Waals surface area contributed by atoms with E-state index in [1.807, 2.05) is 0 Å². The Balaban J connectivity index is 1.58. The second-order valence-electron chi connectivity index (χ2n) is 5.86. The number of amides is 1. The van der Waals surface area contributed by atoms with Gasteiger partial charge in [0.25, 0.3) is 0 Å². The highest BCUT2D eigenvalue weighted by atomic mass is 79.9. The molecule has 4 nitrogen and oxygen atoms in total. The van der Waals surface area contributed by atoms with Crippen LogP contribution in [0.25, 0.3) is 0 Å². The van der Waals surface area contributed by atoms with E-state index < -0.39 is 0 Å². The minimum Gasteiger partial charge on any atom is -0.505 e. The van der Waals surface area contributed by atoms with Gasteiger partial charge in [-0.25, -0.2) is 0 Å². The second-order valence-corrected chi connectivity index (χ2v) is 6.72. The van der Waals surface area contributed by atoms with Crippen molar-refractivity contribution in [2.45, 2.75) is 44.2 Å². The fourth-order valence-electron chi connectivity index (χ4n) is 3.42. The van der Waals surface area contributed by atoms with Crippen molar-refractivity contribution in [3.63, 3.8) is 0 Å². The maximum absolute atomic E-state index is 12.1. The lowest BCUT2D eigenvalue weighted by molar-refractivity contribution is -0.117. The van der Waals surface area contributed by atoms with Gasteiger partial charge in [0.05, 0.1) is 10.2 Å². The van der Waals surface area contributed by atoms with Crippen LogP contribution in [0.5, 0.6) is 5.75 Å². The number of halogens is 1. The number of benzene rings is 1. The maximum atomic E-state index is 12.1. The van der Waals surface area contributed by atoms with Crippen LogP contribution in [0.1, 0.15) is 32.1 Å². The Labute approximate surface area is 127 Å². The SMILES string of the molecule is O=C(CC1CC2CCC(C1)N2)Nc1cccc(Br)c1O. The molecule has 0 radical (unpaired) electrons. The minimum atomic E-state index is -0.00954. The van der Waals surface area contributed by atoms with Gasteiger partial charge in [-0.05, 0) is 59.7 Å². The van der Waals surface area contributed by atoms with Crippen molar-refractivity contribution < 1.29 is 9.90 Å². The van der Waals surface area contributed by atoms with Crippen LogP contribution in [0.15, 0.2) is 22.7 Å². The summed E-state index contributed by atoms with van der Waals surface area (Å²) in [5, 5.41) is 16.3. The molecule has 1 aromatic rings. The highest BCUT2D eigenvalue weighted by molar-refractivity contribution is 9.10. The average Bonchev–Trinajstić information content (AvgIpc) is 2.74. The van der Waals surface area contributed by atoms with Crippen LogP contribution in [0, 0.1) is 5.92 Å². The summed E-state index contributed by atoms with van der Waals surface area (Å²) in [4.78, 5) is 12.1. The molecular weight excluding hydrogens is 320 g/mol. The Morgan fingerprint density at radius 3 is 2.75 bits per heavy atom. The van der Waals surface area contributed by atoms with Crippen molar-refractivity contribution in [3.05, 3.63) is 22.7 Å². The molecule has 5 heteroatoms. The van der Waals surface area contributed by atoms with Gasteiger partial charge in [-0.1, -0.05) is 6.07 Å². The molecular formula is C15H19BrN2O2. The lowest BCUT2D eigenvalue weighted by Crippen LogP contribution is -2.39. The van der Waals surface area contributed by atoms with Crippen LogP contribution in [0.4, 0.5) is 5.69 Å². The third-order valence-electron chi connectivity index (χ3n) is 4.31. The molecule has 2 bridgehead atoms. The summed E-state index contributed by atoms with van der Waals surface area (Å²) in [6.45, 7) is 0. The monoisotopic (exact) mass is 338 g/mol. The molecule has 3 N–H and O–H groups in total. The molecule has 2 aliphatic heterocycles. The molecule has 0 aromatic heterocycles. The molecule has 2 atom stereocenters. The molecule has 0 saturated carbocycles. The average molecular weight is 339 g/mol. The fraction of sp³-hybridized carbons (Fsp3) is 0.533. The van der Waals surface area contributed by atoms with Gasteiger partial charge in [-0.3, -0.25) is 4.79 Å². The van der Waals surface area contributed by atoms with Crippen molar-refractivity contribution in [1.82, 2.24) is 5.32 Å². The summed E-state index contributed by atoms with van der Waals surface area (Å²) in [6.07, 6.45) is 5.22. The number of phenolic OH excluding ortho intramolecular Hbond substituents is 1. The first-order valence-electron chi connectivity index (χ1n) is 7.15. The van der Waals surface area contributed by atoms with E-state index >= 15 is 0 Å².